The van der Waals surface area contributed by atoms with Crippen molar-refractivity contribution in [3.05, 3.63) is 63.7 Å². The van der Waals surface area contributed by atoms with Gasteiger partial charge in [0.15, 0.2) is 0 Å². The minimum atomic E-state index is -4.80. The summed E-state index contributed by atoms with van der Waals surface area (Å²) in [6.07, 6.45) is -3.43. The molecule has 0 radical (unpaired) electrons. The molecular formula is C18H16F3N3O. The Morgan fingerprint density at radius 3 is 2.44 bits per heavy atom. The lowest BCUT2D eigenvalue weighted by Crippen LogP contribution is -2.23. The van der Waals surface area contributed by atoms with Gasteiger partial charge in [0.05, 0.1) is 17.8 Å². The van der Waals surface area contributed by atoms with Crippen LogP contribution in [0.1, 0.15) is 32.3 Å². The van der Waals surface area contributed by atoms with Gasteiger partial charge in [-0.25, -0.2) is 9.52 Å². The number of hydrogen-bond acceptors (Lipinski definition) is 2. The fourth-order valence-corrected chi connectivity index (χ4v) is 2.41. The summed E-state index contributed by atoms with van der Waals surface area (Å²) in [5.74, 6) is 0. The molecule has 0 fully saturated rings. The van der Waals surface area contributed by atoms with Gasteiger partial charge in [-0.15, -0.1) is 0 Å². The van der Waals surface area contributed by atoms with E-state index in [2.05, 4.69) is 9.95 Å². The predicted molar refractivity (Wildman–Crippen MR) is 90.8 cm³/mol. The molecule has 0 aliphatic heterocycles. The number of nitrogens with zero attached hydrogens (tertiary/aromatic N) is 3. The molecular weight excluding hydrogens is 331 g/mol. The van der Waals surface area contributed by atoms with E-state index in [9.17, 15) is 18.0 Å². The van der Waals surface area contributed by atoms with E-state index < -0.39 is 23.0 Å². The van der Waals surface area contributed by atoms with E-state index in [-0.39, 0.29) is 5.69 Å². The average molecular weight is 347 g/mol. The molecule has 1 heterocycles. The number of benzene rings is 1. The Labute approximate surface area is 143 Å². The van der Waals surface area contributed by atoms with Crippen molar-refractivity contribution in [1.29, 1.82) is 0 Å². The van der Waals surface area contributed by atoms with Crippen LogP contribution in [0.5, 0.6) is 0 Å². The van der Waals surface area contributed by atoms with Crippen LogP contribution in [0.4, 0.5) is 18.9 Å². The monoisotopic (exact) mass is 347 g/mol. The molecule has 1 aromatic heterocycles. The van der Waals surface area contributed by atoms with Gasteiger partial charge in [0.2, 0.25) is 0 Å². The summed E-state index contributed by atoms with van der Waals surface area (Å²) in [4.78, 5) is 15.4. The highest BCUT2D eigenvalue weighted by atomic mass is 19.4. The number of halogens is 3. The third-order valence-corrected chi connectivity index (χ3v) is 3.53. The standard InChI is InChI=1S/C18H16F3N3O/c1-4-8-12(2)23-24-15(13-9-6-5-7-10-13)11-14(18(19,20)21)16(22-3)17(24)25/h5-7,9-11H,4,8H2,1-2H3. The maximum Gasteiger partial charge on any atom is 0.407 e. The largest absolute Gasteiger partial charge is 0.407 e. The van der Waals surface area contributed by atoms with Gasteiger partial charge in [0.1, 0.15) is 0 Å². The Hall–Kier alpha value is -2.88. The summed E-state index contributed by atoms with van der Waals surface area (Å²) in [7, 11) is 0. The third kappa shape index (κ3) is 3.97. The molecule has 7 heteroatoms. The van der Waals surface area contributed by atoms with Crippen LogP contribution in [-0.2, 0) is 6.18 Å². The van der Waals surface area contributed by atoms with Gasteiger partial charge in [0, 0.05) is 11.3 Å². The first kappa shape index (κ1) is 18.5. The topological polar surface area (TPSA) is 38.7 Å². The van der Waals surface area contributed by atoms with Gasteiger partial charge in [-0.1, -0.05) is 43.7 Å². The van der Waals surface area contributed by atoms with Crippen LogP contribution in [0.25, 0.3) is 16.1 Å². The Balaban J connectivity index is 2.88. The van der Waals surface area contributed by atoms with E-state index in [0.717, 1.165) is 17.2 Å². The van der Waals surface area contributed by atoms with Crippen LogP contribution in [-0.4, -0.2) is 10.4 Å². The van der Waals surface area contributed by atoms with Gasteiger partial charge in [-0.2, -0.15) is 18.3 Å². The highest BCUT2D eigenvalue weighted by molar-refractivity contribution is 5.82. The second-order valence-electron chi connectivity index (χ2n) is 5.47. The fraction of sp³-hybridized carbons (Fsp3) is 0.278. The molecule has 0 aliphatic carbocycles. The number of rotatable bonds is 4. The average Bonchev–Trinajstić information content (AvgIpc) is 2.56. The molecule has 0 bridgehead atoms. The van der Waals surface area contributed by atoms with Crippen molar-refractivity contribution in [1.82, 2.24) is 4.68 Å². The lowest BCUT2D eigenvalue weighted by atomic mass is 10.1. The maximum absolute atomic E-state index is 13.3. The molecule has 0 amide bonds. The van der Waals surface area contributed by atoms with Gasteiger partial charge >= 0.3 is 6.18 Å². The maximum atomic E-state index is 13.3. The molecule has 1 aromatic carbocycles. The normalized spacial score (nSPS) is 12.1. The van der Waals surface area contributed by atoms with Crippen LogP contribution < -0.4 is 5.56 Å². The summed E-state index contributed by atoms with van der Waals surface area (Å²) in [6, 6.07) is 9.02. The SMILES string of the molecule is [C-]#[N+]c1c(C(F)(F)F)cc(-c2ccccc2)n(N=C(C)CCC)c1=O. The second kappa shape index (κ2) is 7.34. The first-order valence-corrected chi connectivity index (χ1v) is 7.64. The van der Waals surface area contributed by atoms with Gasteiger partial charge in [-0.05, 0) is 19.4 Å². The van der Waals surface area contributed by atoms with Crippen molar-refractivity contribution in [3.8, 4) is 11.3 Å². The molecule has 130 valence electrons. The zero-order chi connectivity index (χ0) is 18.6. The van der Waals surface area contributed by atoms with Crippen molar-refractivity contribution in [2.45, 2.75) is 32.9 Å². The molecule has 0 aliphatic rings. The second-order valence-corrected chi connectivity index (χ2v) is 5.47. The molecule has 0 N–H and O–H groups in total. The third-order valence-electron chi connectivity index (χ3n) is 3.53. The molecule has 4 nitrogen and oxygen atoms in total. The van der Waals surface area contributed by atoms with E-state index in [1.807, 2.05) is 6.92 Å². The first-order valence-electron chi connectivity index (χ1n) is 7.64. The minimum absolute atomic E-state index is 0.000720. The van der Waals surface area contributed by atoms with Crippen LogP contribution in [0.2, 0.25) is 0 Å². The summed E-state index contributed by atoms with van der Waals surface area (Å²) >= 11 is 0. The molecule has 0 saturated carbocycles. The number of hydrogen-bond donors (Lipinski definition) is 0. The summed E-state index contributed by atoms with van der Waals surface area (Å²) in [5, 5.41) is 4.17. The molecule has 0 unspecified atom stereocenters. The molecule has 0 spiro atoms. The van der Waals surface area contributed by atoms with E-state index in [4.69, 9.17) is 6.57 Å². The van der Waals surface area contributed by atoms with Gasteiger partial charge < -0.3 is 0 Å². The summed E-state index contributed by atoms with van der Waals surface area (Å²) < 4.78 is 40.8. The van der Waals surface area contributed by atoms with Crippen molar-refractivity contribution >= 4 is 11.4 Å². The van der Waals surface area contributed by atoms with Gasteiger partial charge in [-0.3, -0.25) is 4.79 Å². The van der Waals surface area contributed by atoms with Gasteiger partial charge in [0.25, 0.3) is 11.2 Å². The first-order chi connectivity index (χ1) is 11.8. The zero-order valence-electron chi connectivity index (χ0n) is 13.8. The van der Waals surface area contributed by atoms with E-state index in [1.54, 1.807) is 37.3 Å². The smallest absolute Gasteiger partial charge is 0.281 e. The lowest BCUT2D eigenvalue weighted by Gasteiger charge is -2.15. The Morgan fingerprint density at radius 1 is 1.28 bits per heavy atom. The van der Waals surface area contributed by atoms with E-state index >= 15 is 0 Å². The van der Waals surface area contributed by atoms with Crippen molar-refractivity contribution in [3.63, 3.8) is 0 Å². The molecule has 2 rings (SSSR count). The molecule has 2 aromatic rings. The number of aromatic nitrogens is 1. The van der Waals surface area contributed by atoms with Crippen molar-refractivity contribution < 1.29 is 13.2 Å². The summed E-state index contributed by atoms with van der Waals surface area (Å²) in [6.45, 7) is 10.6. The predicted octanol–water partition coefficient (Wildman–Crippen LogP) is 5.11. The van der Waals surface area contributed by atoms with Crippen LogP contribution in [0.3, 0.4) is 0 Å². The van der Waals surface area contributed by atoms with Crippen molar-refractivity contribution in [2.75, 3.05) is 0 Å². The molecule has 0 saturated heterocycles. The highest BCUT2D eigenvalue weighted by Gasteiger charge is 2.36. The zero-order valence-corrected chi connectivity index (χ0v) is 13.8. The summed E-state index contributed by atoms with van der Waals surface area (Å²) in [5.41, 5.74) is -2.28. The van der Waals surface area contributed by atoms with E-state index in [0.29, 0.717) is 17.7 Å². The van der Waals surface area contributed by atoms with Crippen LogP contribution in [0.15, 0.2) is 46.3 Å². The number of alkyl halides is 3. The van der Waals surface area contributed by atoms with Crippen molar-refractivity contribution in [2.24, 2.45) is 5.10 Å². The number of pyridine rings is 1. The van der Waals surface area contributed by atoms with E-state index in [1.165, 1.54) is 0 Å². The lowest BCUT2D eigenvalue weighted by molar-refractivity contribution is -0.136. The van der Waals surface area contributed by atoms with Crippen LogP contribution in [0, 0.1) is 6.57 Å². The fourth-order valence-electron chi connectivity index (χ4n) is 2.41. The quantitative estimate of drug-likeness (QED) is 0.559. The Kier molecular flexibility index (Phi) is 5.42. The minimum Gasteiger partial charge on any atom is -0.281 e. The highest BCUT2D eigenvalue weighted by Crippen LogP contribution is 2.37. The van der Waals surface area contributed by atoms with Crippen LogP contribution >= 0.6 is 0 Å². The molecule has 25 heavy (non-hydrogen) atoms. The Morgan fingerprint density at radius 2 is 1.92 bits per heavy atom. The Bertz CT molecular complexity index is 891. The molecule has 0 atom stereocenters.